The molecule has 1 amide bonds. The van der Waals surface area contributed by atoms with Gasteiger partial charge in [-0.25, -0.2) is 4.98 Å². The Labute approximate surface area is 151 Å². The van der Waals surface area contributed by atoms with Crippen LogP contribution in [0.15, 0.2) is 60.7 Å². The van der Waals surface area contributed by atoms with Crippen LogP contribution >= 0.6 is 11.3 Å². The lowest BCUT2D eigenvalue weighted by atomic mass is 10.1. The summed E-state index contributed by atoms with van der Waals surface area (Å²) in [5, 5.41) is 3.48. The summed E-state index contributed by atoms with van der Waals surface area (Å²) in [5.41, 5.74) is 1.95. The van der Waals surface area contributed by atoms with Crippen LogP contribution in [0, 0.1) is 6.92 Å². The van der Waals surface area contributed by atoms with Crippen molar-refractivity contribution in [3.05, 3.63) is 65.5 Å². The van der Waals surface area contributed by atoms with E-state index in [1.165, 1.54) is 11.3 Å². The van der Waals surface area contributed by atoms with Crippen molar-refractivity contribution in [1.82, 2.24) is 4.98 Å². The Balaban J connectivity index is 1.72. The highest BCUT2D eigenvalue weighted by molar-refractivity contribution is 7.16. The average molecular weight is 352 g/mol. The highest BCUT2D eigenvalue weighted by atomic mass is 32.1. The number of carbonyl (C=O) groups is 1. The summed E-state index contributed by atoms with van der Waals surface area (Å²) < 4.78 is 5.78. The monoisotopic (exact) mass is 352 g/mol. The number of ether oxygens (including phenoxy) is 1. The third kappa shape index (κ3) is 4.25. The molecule has 5 heteroatoms. The van der Waals surface area contributed by atoms with Gasteiger partial charge in [-0.1, -0.05) is 55.5 Å². The molecule has 1 atom stereocenters. The summed E-state index contributed by atoms with van der Waals surface area (Å²) in [6.07, 6.45) is 0.0307. The molecule has 0 saturated carbocycles. The molecule has 2 aromatic carbocycles. The number of nitrogens with one attached hydrogen (secondary N) is 1. The van der Waals surface area contributed by atoms with Crippen molar-refractivity contribution < 1.29 is 9.53 Å². The van der Waals surface area contributed by atoms with Gasteiger partial charge in [0.25, 0.3) is 5.91 Å². The fraction of sp³-hybridized carbons (Fsp3) is 0.200. The van der Waals surface area contributed by atoms with E-state index in [0.717, 1.165) is 16.1 Å². The molecule has 3 aromatic rings. The molecule has 0 radical (unpaired) electrons. The van der Waals surface area contributed by atoms with Crippen molar-refractivity contribution in [3.8, 4) is 17.0 Å². The van der Waals surface area contributed by atoms with E-state index in [1.807, 2.05) is 74.5 Å². The Kier molecular flexibility index (Phi) is 5.46. The molecule has 1 aromatic heterocycles. The van der Waals surface area contributed by atoms with Gasteiger partial charge >= 0.3 is 0 Å². The number of rotatable bonds is 6. The molecule has 1 heterocycles. The Morgan fingerprint density at radius 1 is 1.12 bits per heavy atom. The molecule has 0 fully saturated rings. The van der Waals surface area contributed by atoms with E-state index in [9.17, 15) is 4.79 Å². The van der Waals surface area contributed by atoms with Gasteiger partial charge in [0, 0.05) is 10.4 Å². The van der Waals surface area contributed by atoms with E-state index in [-0.39, 0.29) is 5.91 Å². The highest BCUT2D eigenvalue weighted by Gasteiger charge is 2.20. The summed E-state index contributed by atoms with van der Waals surface area (Å²) in [4.78, 5) is 18.2. The Bertz CT molecular complexity index is 831. The first kappa shape index (κ1) is 17.2. The lowest BCUT2D eigenvalue weighted by molar-refractivity contribution is -0.122. The van der Waals surface area contributed by atoms with Gasteiger partial charge in [0.2, 0.25) is 0 Å². The SMILES string of the molecule is CC[C@@H](Oc1ccccc1)C(=O)Nc1nc(-c2ccccc2)c(C)s1. The second-order valence-electron chi connectivity index (χ2n) is 5.61. The molecule has 0 saturated heterocycles. The van der Waals surface area contributed by atoms with Crippen LogP contribution in [0.2, 0.25) is 0 Å². The number of nitrogens with zero attached hydrogens (tertiary/aromatic N) is 1. The van der Waals surface area contributed by atoms with E-state index in [4.69, 9.17) is 4.74 Å². The lowest BCUT2D eigenvalue weighted by Gasteiger charge is -2.16. The van der Waals surface area contributed by atoms with Gasteiger partial charge in [-0.3, -0.25) is 10.1 Å². The highest BCUT2D eigenvalue weighted by Crippen LogP contribution is 2.30. The average Bonchev–Trinajstić information content (AvgIpc) is 3.01. The maximum Gasteiger partial charge on any atom is 0.267 e. The van der Waals surface area contributed by atoms with E-state index >= 15 is 0 Å². The van der Waals surface area contributed by atoms with Gasteiger partial charge in [-0.2, -0.15) is 0 Å². The fourth-order valence-electron chi connectivity index (χ4n) is 2.49. The molecule has 0 aliphatic carbocycles. The van der Waals surface area contributed by atoms with Gasteiger partial charge in [-0.05, 0) is 25.5 Å². The number of carbonyl (C=O) groups excluding carboxylic acids is 1. The van der Waals surface area contributed by atoms with Crippen molar-refractivity contribution in [1.29, 1.82) is 0 Å². The first-order valence-electron chi connectivity index (χ1n) is 8.22. The van der Waals surface area contributed by atoms with Crippen molar-refractivity contribution in [3.63, 3.8) is 0 Å². The summed E-state index contributed by atoms with van der Waals surface area (Å²) in [7, 11) is 0. The minimum atomic E-state index is -0.549. The molecule has 0 aliphatic rings. The predicted molar refractivity (Wildman–Crippen MR) is 102 cm³/mol. The molecule has 25 heavy (non-hydrogen) atoms. The van der Waals surface area contributed by atoms with Crippen LogP contribution < -0.4 is 10.1 Å². The third-order valence-electron chi connectivity index (χ3n) is 3.76. The molecule has 0 unspecified atom stereocenters. The molecule has 0 bridgehead atoms. The largest absolute Gasteiger partial charge is 0.481 e. The van der Waals surface area contributed by atoms with Crippen molar-refractivity contribution in [2.45, 2.75) is 26.4 Å². The molecule has 3 rings (SSSR count). The lowest BCUT2D eigenvalue weighted by Crippen LogP contribution is -2.32. The molecule has 0 aliphatic heterocycles. The maximum absolute atomic E-state index is 12.5. The van der Waals surface area contributed by atoms with E-state index < -0.39 is 6.10 Å². The van der Waals surface area contributed by atoms with E-state index in [0.29, 0.717) is 17.3 Å². The van der Waals surface area contributed by atoms with Crippen LogP contribution in [-0.4, -0.2) is 17.0 Å². The number of amides is 1. The summed E-state index contributed by atoms with van der Waals surface area (Å²) in [5.74, 6) is 0.504. The zero-order chi connectivity index (χ0) is 17.6. The minimum absolute atomic E-state index is 0.181. The first-order valence-corrected chi connectivity index (χ1v) is 9.04. The quantitative estimate of drug-likeness (QED) is 0.685. The van der Waals surface area contributed by atoms with Crippen LogP contribution in [0.4, 0.5) is 5.13 Å². The van der Waals surface area contributed by atoms with Gasteiger partial charge in [-0.15, -0.1) is 11.3 Å². The number of aromatic nitrogens is 1. The number of thiazole rings is 1. The van der Waals surface area contributed by atoms with Crippen LogP contribution in [-0.2, 0) is 4.79 Å². The molecule has 0 spiro atoms. The second-order valence-corrected chi connectivity index (χ2v) is 6.81. The third-order valence-corrected chi connectivity index (χ3v) is 4.64. The second kappa shape index (κ2) is 7.94. The molecular weight excluding hydrogens is 332 g/mol. The van der Waals surface area contributed by atoms with Crippen molar-refractivity contribution >= 4 is 22.4 Å². The number of aryl methyl sites for hydroxylation is 1. The standard InChI is InChI=1S/C20H20N2O2S/c1-3-17(24-16-12-8-5-9-13-16)19(23)22-20-21-18(14(2)25-20)15-10-6-4-7-11-15/h4-13,17H,3H2,1-2H3,(H,21,22,23)/t17-/m1/s1. The summed E-state index contributed by atoms with van der Waals surface area (Å²) in [6, 6.07) is 19.3. The maximum atomic E-state index is 12.5. The van der Waals surface area contributed by atoms with Crippen LogP contribution in [0.25, 0.3) is 11.3 Å². The smallest absolute Gasteiger partial charge is 0.267 e. The van der Waals surface area contributed by atoms with Gasteiger partial charge < -0.3 is 4.74 Å². The Morgan fingerprint density at radius 2 is 1.76 bits per heavy atom. The number of hydrogen-bond acceptors (Lipinski definition) is 4. The van der Waals surface area contributed by atoms with E-state index in [2.05, 4.69) is 10.3 Å². The zero-order valence-corrected chi connectivity index (χ0v) is 15.0. The molecule has 1 N–H and O–H groups in total. The predicted octanol–water partition coefficient (Wildman–Crippen LogP) is 4.91. The molecule has 128 valence electrons. The fourth-order valence-corrected chi connectivity index (χ4v) is 3.32. The Hall–Kier alpha value is -2.66. The number of benzene rings is 2. The number of para-hydroxylation sites is 1. The van der Waals surface area contributed by atoms with Gasteiger partial charge in [0.05, 0.1) is 5.69 Å². The Morgan fingerprint density at radius 3 is 2.40 bits per heavy atom. The zero-order valence-electron chi connectivity index (χ0n) is 14.2. The van der Waals surface area contributed by atoms with Crippen LogP contribution in [0.1, 0.15) is 18.2 Å². The van der Waals surface area contributed by atoms with Gasteiger partial charge in [0.1, 0.15) is 5.75 Å². The van der Waals surface area contributed by atoms with E-state index in [1.54, 1.807) is 0 Å². The molecular formula is C20H20N2O2S. The van der Waals surface area contributed by atoms with Crippen molar-refractivity contribution in [2.75, 3.05) is 5.32 Å². The number of anilines is 1. The van der Waals surface area contributed by atoms with Crippen LogP contribution in [0.3, 0.4) is 0 Å². The molecule has 4 nitrogen and oxygen atoms in total. The minimum Gasteiger partial charge on any atom is -0.481 e. The van der Waals surface area contributed by atoms with Crippen LogP contribution in [0.5, 0.6) is 5.75 Å². The summed E-state index contributed by atoms with van der Waals surface area (Å²) in [6.45, 7) is 3.93. The van der Waals surface area contributed by atoms with Gasteiger partial charge in [0.15, 0.2) is 11.2 Å². The summed E-state index contributed by atoms with van der Waals surface area (Å²) >= 11 is 1.47. The first-order chi connectivity index (χ1) is 12.2. The number of hydrogen-bond donors (Lipinski definition) is 1. The van der Waals surface area contributed by atoms with Crippen molar-refractivity contribution in [2.24, 2.45) is 0 Å². The normalized spacial score (nSPS) is 11.8. The topological polar surface area (TPSA) is 51.2 Å².